The average molecular weight is 485 g/mol. The molecule has 0 bridgehead atoms. The number of nitrogens with one attached hydrogen (secondary N) is 1. The Labute approximate surface area is 198 Å². The molecule has 0 aliphatic carbocycles. The standard InChI is InChI=1S/C25H25FN2O5S/c26-23-11-8-21(16-24(23)34(30,31)28-12-14-32-15-13-28)25(29)27-17-19-6-9-22(10-7-19)33-18-20-4-2-1-3-5-20/h1-11,16H,12-15,17-18H2,(H,27,29). The quantitative estimate of drug-likeness (QED) is 0.530. The van der Waals surface area contributed by atoms with Gasteiger partial charge in [-0.2, -0.15) is 4.31 Å². The third-order valence-electron chi connectivity index (χ3n) is 5.41. The van der Waals surface area contributed by atoms with Crippen molar-refractivity contribution in [3.05, 3.63) is 95.3 Å². The van der Waals surface area contributed by atoms with E-state index < -0.39 is 26.6 Å². The average Bonchev–Trinajstić information content (AvgIpc) is 2.88. The molecule has 3 aromatic rings. The Hall–Kier alpha value is -3.27. The number of carbonyl (C=O) groups is 1. The summed E-state index contributed by atoms with van der Waals surface area (Å²) in [4.78, 5) is 12.1. The summed E-state index contributed by atoms with van der Waals surface area (Å²) in [6, 6.07) is 20.5. The van der Waals surface area contributed by atoms with E-state index in [1.165, 1.54) is 6.07 Å². The molecular formula is C25H25FN2O5S. The number of sulfonamides is 1. The summed E-state index contributed by atoms with van der Waals surface area (Å²) in [5, 5.41) is 2.74. The fourth-order valence-electron chi connectivity index (χ4n) is 3.50. The van der Waals surface area contributed by atoms with E-state index in [2.05, 4.69) is 5.32 Å². The Morgan fingerprint density at radius 2 is 1.68 bits per heavy atom. The smallest absolute Gasteiger partial charge is 0.251 e. The summed E-state index contributed by atoms with van der Waals surface area (Å²) in [5.41, 5.74) is 1.97. The van der Waals surface area contributed by atoms with Gasteiger partial charge in [0.2, 0.25) is 10.0 Å². The van der Waals surface area contributed by atoms with Crippen LogP contribution in [0.5, 0.6) is 5.75 Å². The number of hydrogen-bond acceptors (Lipinski definition) is 5. The molecule has 1 aliphatic rings. The second-order valence-corrected chi connectivity index (χ2v) is 9.67. The number of benzene rings is 3. The van der Waals surface area contributed by atoms with Crippen molar-refractivity contribution < 1.29 is 27.1 Å². The normalized spacial score (nSPS) is 14.5. The van der Waals surface area contributed by atoms with Gasteiger partial charge in [0.15, 0.2) is 0 Å². The van der Waals surface area contributed by atoms with Gasteiger partial charge < -0.3 is 14.8 Å². The van der Waals surface area contributed by atoms with Crippen molar-refractivity contribution in [2.75, 3.05) is 26.3 Å². The number of ether oxygens (including phenoxy) is 2. The van der Waals surface area contributed by atoms with Gasteiger partial charge in [0.25, 0.3) is 5.91 Å². The minimum atomic E-state index is -4.06. The summed E-state index contributed by atoms with van der Waals surface area (Å²) >= 11 is 0. The molecule has 0 aromatic heterocycles. The number of carbonyl (C=O) groups excluding carboxylic acids is 1. The van der Waals surface area contributed by atoms with Gasteiger partial charge in [-0.1, -0.05) is 42.5 Å². The van der Waals surface area contributed by atoms with Crippen LogP contribution in [-0.2, 0) is 27.9 Å². The monoisotopic (exact) mass is 484 g/mol. The maximum Gasteiger partial charge on any atom is 0.251 e. The Kier molecular flexibility index (Phi) is 7.56. The van der Waals surface area contributed by atoms with Crippen molar-refractivity contribution >= 4 is 15.9 Å². The van der Waals surface area contributed by atoms with Gasteiger partial charge >= 0.3 is 0 Å². The van der Waals surface area contributed by atoms with E-state index in [9.17, 15) is 17.6 Å². The first-order valence-electron chi connectivity index (χ1n) is 10.8. The van der Waals surface area contributed by atoms with Crippen LogP contribution in [0.4, 0.5) is 4.39 Å². The summed E-state index contributed by atoms with van der Waals surface area (Å²) in [7, 11) is -4.06. The molecule has 1 aliphatic heterocycles. The number of amides is 1. The second kappa shape index (κ2) is 10.8. The first kappa shape index (κ1) is 23.9. The van der Waals surface area contributed by atoms with Crippen molar-refractivity contribution in [1.82, 2.24) is 9.62 Å². The third-order valence-corrected chi connectivity index (χ3v) is 7.32. The lowest BCUT2D eigenvalue weighted by Crippen LogP contribution is -2.41. The number of morpholine rings is 1. The Bertz CT molecular complexity index is 1230. The van der Waals surface area contributed by atoms with Crippen molar-refractivity contribution in [3.8, 4) is 5.75 Å². The largest absolute Gasteiger partial charge is 0.489 e. The lowest BCUT2D eigenvalue weighted by Gasteiger charge is -2.26. The molecule has 0 radical (unpaired) electrons. The topological polar surface area (TPSA) is 84.9 Å². The number of rotatable bonds is 8. The van der Waals surface area contributed by atoms with E-state index in [4.69, 9.17) is 9.47 Å². The van der Waals surface area contributed by atoms with E-state index in [0.29, 0.717) is 12.4 Å². The summed E-state index contributed by atoms with van der Waals surface area (Å²) in [6.07, 6.45) is 0. The third kappa shape index (κ3) is 5.80. The lowest BCUT2D eigenvalue weighted by molar-refractivity contribution is 0.0729. The number of nitrogens with zero attached hydrogens (tertiary/aromatic N) is 1. The molecule has 7 nitrogen and oxygen atoms in total. The highest BCUT2D eigenvalue weighted by Gasteiger charge is 2.29. The highest BCUT2D eigenvalue weighted by atomic mass is 32.2. The van der Waals surface area contributed by atoms with Gasteiger partial charge in [-0.3, -0.25) is 4.79 Å². The molecule has 0 saturated carbocycles. The van der Waals surface area contributed by atoms with E-state index in [1.54, 1.807) is 0 Å². The van der Waals surface area contributed by atoms with Gasteiger partial charge in [-0.05, 0) is 41.5 Å². The predicted octanol–water partition coefficient (Wildman–Crippen LogP) is 3.36. The fraction of sp³-hybridized carbons (Fsp3) is 0.240. The molecule has 0 unspecified atom stereocenters. The molecular weight excluding hydrogens is 459 g/mol. The van der Waals surface area contributed by atoms with E-state index >= 15 is 0 Å². The van der Waals surface area contributed by atoms with E-state index in [1.807, 2.05) is 54.6 Å². The maximum atomic E-state index is 14.4. The van der Waals surface area contributed by atoms with E-state index in [0.717, 1.165) is 27.6 Å². The molecule has 3 aromatic carbocycles. The van der Waals surface area contributed by atoms with Crippen LogP contribution < -0.4 is 10.1 Å². The van der Waals surface area contributed by atoms with Crippen LogP contribution in [0.25, 0.3) is 0 Å². The molecule has 1 amide bonds. The van der Waals surface area contributed by atoms with Gasteiger partial charge in [0.05, 0.1) is 13.2 Å². The van der Waals surface area contributed by atoms with Crippen LogP contribution in [-0.4, -0.2) is 44.9 Å². The van der Waals surface area contributed by atoms with Crippen LogP contribution in [0.2, 0.25) is 0 Å². The van der Waals surface area contributed by atoms with Gasteiger partial charge in [0.1, 0.15) is 23.1 Å². The highest BCUT2D eigenvalue weighted by molar-refractivity contribution is 7.89. The summed E-state index contributed by atoms with van der Waals surface area (Å²) < 4.78 is 52.1. The fourth-order valence-corrected chi connectivity index (χ4v) is 5.00. The molecule has 1 fully saturated rings. The van der Waals surface area contributed by atoms with E-state index in [-0.39, 0.29) is 38.4 Å². The molecule has 9 heteroatoms. The summed E-state index contributed by atoms with van der Waals surface area (Å²) in [5.74, 6) is -0.688. The summed E-state index contributed by atoms with van der Waals surface area (Å²) in [6.45, 7) is 1.46. The van der Waals surface area contributed by atoms with Crippen molar-refractivity contribution in [2.24, 2.45) is 0 Å². The van der Waals surface area contributed by atoms with Gasteiger partial charge in [0, 0.05) is 25.2 Å². The van der Waals surface area contributed by atoms with Crippen LogP contribution in [0.1, 0.15) is 21.5 Å². The Morgan fingerprint density at radius 3 is 2.38 bits per heavy atom. The molecule has 1 saturated heterocycles. The second-order valence-electron chi connectivity index (χ2n) is 7.76. The molecule has 178 valence electrons. The zero-order valence-corrected chi connectivity index (χ0v) is 19.3. The molecule has 1 N–H and O–H groups in total. The van der Waals surface area contributed by atoms with Crippen molar-refractivity contribution in [1.29, 1.82) is 0 Å². The number of halogens is 1. The van der Waals surface area contributed by atoms with Gasteiger partial charge in [-0.25, -0.2) is 12.8 Å². The Morgan fingerprint density at radius 1 is 0.971 bits per heavy atom. The van der Waals surface area contributed by atoms with Crippen LogP contribution in [0.3, 0.4) is 0 Å². The van der Waals surface area contributed by atoms with Crippen molar-refractivity contribution in [2.45, 2.75) is 18.0 Å². The first-order valence-corrected chi connectivity index (χ1v) is 12.3. The maximum absolute atomic E-state index is 14.4. The zero-order chi connectivity index (χ0) is 24.0. The predicted molar refractivity (Wildman–Crippen MR) is 124 cm³/mol. The molecule has 34 heavy (non-hydrogen) atoms. The van der Waals surface area contributed by atoms with Crippen LogP contribution >= 0.6 is 0 Å². The lowest BCUT2D eigenvalue weighted by atomic mass is 10.2. The molecule has 4 rings (SSSR count). The Balaban J connectivity index is 1.37. The minimum Gasteiger partial charge on any atom is -0.489 e. The first-order chi connectivity index (χ1) is 16.4. The van der Waals surface area contributed by atoms with Gasteiger partial charge in [-0.15, -0.1) is 0 Å². The molecule has 0 spiro atoms. The van der Waals surface area contributed by atoms with Crippen molar-refractivity contribution in [3.63, 3.8) is 0 Å². The SMILES string of the molecule is O=C(NCc1ccc(OCc2ccccc2)cc1)c1ccc(F)c(S(=O)(=O)N2CCOCC2)c1. The van der Waals surface area contributed by atoms with Crippen LogP contribution in [0.15, 0.2) is 77.7 Å². The minimum absolute atomic E-state index is 0.0658. The zero-order valence-electron chi connectivity index (χ0n) is 18.4. The molecule has 1 heterocycles. The number of hydrogen-bond donors (Lipinski definition) is 1. The van der Waals surface area contributed by atoms with Crippen LogP contribution in [0, 0.1) is 5.82 Å². The highest BCUT2D eigenvalue weighted by Crippen LogP contribution is 2.22. The molecule has 0 atom stereocenters.